The highest BCUT2D eigenvalue weighted by Gasteiger charge is 2.15. The van der Waals surface area contributed by atoms with Gasteiger partial charge in [0.1, 0.15) is 5.82 Å². The number of rotatable bonds is 12. The van der Waals surface area contributed by atoms with E-state index < -0.39 is 0 Å². The van der Waals surface area contributed by atoms with Crippen LogP contribution >= 0.6 is 22.9 Å². The Hall–Kier alpha value is -4.66. The van der Waals surface area contributed by atoms with Crippen molar-refractivity contribution in [3.63, 3.8) is 0 Å². The molecule has 0 aliphatic heterocycles. The number of carbonyl (C=O) groups is 2. The van der Waals surface area contributed by atoms with E-state index in [1.807, 2.05) is 25.1 Å². The average Bonchev–Trinajstić information content (AvgIpc) is 3.43. The first kappa shape index (κ1) is 30.3. The number of halogens is 1. The molecule has 2 amide bonds. The van der Waals surface area contributed by atoms with E-state index in [0.29, 0.717) is 64.4 Å². The lowest BCUT2D eigenvalue weighted by Crippen LogP contribution is -2.30. The summed E-state index contributed by atoms with van der Waals surface area (Å²) in [6, 6.07) is 12.5. The minimum atomic E-state index is -0.269. The van der Waals surface area contributed by atoms with Gasteiger partial charge >= 0.3 is 0 Å². The van der Waals surface area contributed by atoms with Gasteiger partial charge in [-0.15, -0.1) is 16.4 Å². The van der Waals surface area contributed by atoms with Crippen molar-refractivity contribution in [1.82, 2.24) is 26.1 Å². The Kier molecular flexibility index (Phi) is 9.96. The van der Waals surface area contributed by atoms with Gasteiger partial charge in [0.2, 0.25) is 5.95 Å². The molecule has 15 heteroatoms. The predicted octanol–water partition coefficient (Wildman–Crippen LogP) is 2.45. The van der Waals surface area contributed by atoms with Crippen LogP contribution in [0.2, 0.25) is 5.02 Å². The Balaban J connectivity index is 1.21. The van der Waals surface area contributed by atoms with E-state index in [-0.39, 0.29) is 29.4 Å². The van der Waals surface area contributed by atoms with Crippen molar-refractivity contribution in [2.45, 2.75) is 26.3 Å². The van der Waals surface area contributed by atoms with E-state index in [2.05, 4.69) is 36.6 Å². The van der Waals surface area contributed by atoms with E-state index in [0.717, 1.165) is 16.1 Å². The fraction of sp³-hybridized carbons (Fsp3) is 0.222. The highest BCUT2D eigenvalue weighted by molar-refractivity contribution is 7.17. The first-order valence-corrected chi connectivity index (χ1v) is 14.2. The first-order chi connectivity index (χ1) is 20.2. The number of hydrogen-bond donors (Lipinski definition) is 8. The van der Waals surface area contributed by atoms with E-state index in [1.165, 1.54) is 11.3 Å². The summed E-state index contributed by atoms with van der Waals surface area (Å²) in [5.74, 6) is 5.20. The molecular formula is C27H32ClN11O2S. The van der Waals surface area contributed by atoms with Crippen molar-refractivity contribution in [2.24, 2.45) is 16.7 Å². The zero-order chi connectivity index (χ0) is 30.2. The topological polar surface area (TPSA) is 224 Å². The zero-order valence-corrected chi connectivity index (χ0v) is 24.4. The second-order valence-electron chi connectivity index (χ2n) is 9.31. The molecule has 0 bridgehead atoms. The van der Waals surface area contributed by atoms with Gasteiger partial charge in [0.05, 0.1) is 31.4 Å². The van der Waals surface area contributed by atoms with Gasteiger partial charge in [0.25, 0.3) is 11.8 Å². The number of anilines is 3. The van der Waals surface area contributed by atoms with Crippen LogP contribution in [-0.4, -0.2) is 40.7 Å². The Morgan fingerprint density at radius 3 is 2.45 bits per heavy atom. The number of nitrogens with zero attached hydrogens (tertiary/aromatic N) is 3. The number of unbranched alkanes of at least 4 members (excludes halogenated alkanes) is 1. The second-order valence-corrected chi connectivity index (χ2v) is 10.8. The number of fused-ring (bicyclic) bond motifs is 1. The molecule has 0 unspecified atom stereocenters. The van der Waals surface area contributed by atoms with Gasteiger partial charge in [0, 0.05) is 25.2 Å². The van der Waals surface area contributed by atoms with E-state index in [9.17, 15) is 9.59 Å². The number of thiophene rings is 1. The first-order valence-electron chi connectivity index (χ1n) is 13.0. The summed E-state index contributed by atoms with van der Waals surface area (Å²) in [6.45, 7) is 3.21. The lowest BCUT2D eigenvalue weighted by molar-refractivity contribution is 0.0941. The third-order valence-corrected chi connectivity index (χ3v) is 7.74. The fourth-order valence-electron chi connectivity index (χ4n) is 4.18. The quantitative estimate of drug-likeness (QED) is 0.0385. The standard InChI is InChI=1S/C27H32ClN11O2S/c1-14-4-6-16(17(12-14)23(29)38-39-32)25(40)33-10-2-3-11-34-26(41)19-8-9-20(42-19)35-13-15-5-7-18-21(22(15)28)24(30)37-27(31)36-18/h4-9,12,35,39H,2-3,10-11,13,32H2,1H3,(H2,29,38)(H,33,40)(H,34,41)(H4,30,31,36,37). The maximum Gasteiger partial charge on any atom is 0.261 e. The largest absolute Gasteiger partial charge is 0.383 e. The van der Waals surface area contributed by atoms with Crippen molar-refractivity contribution in [3.8, 4) is 0 Å². The summed E-state index contributed by atoms with van der Waals surface area (Å²) < 4.78 is 0. The van der Waals surface area contributed by atoms with Gasteiger partial charge in [-0.3, -0.25) is 9.59 Å². The number of nitrogens with one attached hydrogen (secondary N) is 4. The van der Waals surface area contributed by atoms with Crippen molar-refractivity contribution in [3.05, 3.63) is 74.6 Å². The number of aryl methyl sites for hydroxylation is 1. The number of amidine groups is 1. The predicted molar refractivity (Wildman–Crippen MR) is 168 cm³/mol. The molecular weight excluding hydrogens is 578 g/mol. The number of amides is 2. The van der Waals surface area contributed by atoms with Gasteiger partial charge in [0.15, 0.2) is 5.84 Å². The summed E-state index contributed by atoms with van der Waals surface area (Å²) in [6.07, 6.45) is 1.36. The molecule has 2 aromatic carbocycles. The molecule has 2 aromatic heterocycles. The summed E-state index contributed by atoms with van der Waals surface area (Å²) in [4.78, 5) is 34.0. The number of carbonyl (C=O) groups excluding carboxylic acids is 2. The normalized spacial score (nSPS) is 11.4. The average molecular weight is 610 g/mol. The van der Waals surface area contributed by atoms with Gasteiger partial charge in [-0.05, 0) is 55.7 Å². The van der Waals surface area contributed by atoms with E-state index in [1.54, 1.807) is 24.3 Å². The number of nitrogens with two attached hydrogens (primary N) is 4. The van der Waals surface area contributed by atoms with Gasteiger partial charge in [-0.25, -0.2) is 16.4 Å². The number of aromatic nitrogens is 2. The SMILES string of the molecule is Cc1ccc(C(=O)NCCCCNC(=O)c2ccc(NCc3ccc4nc(N)nc(N)c4c3Cl)s2)c(/C(N)=N/NN)c1. The molecule has 0 saturated carbocycles. The van der Waals surface area contributed by atoms with Crippen molar-refractivity contribution in [2.75, 3.05) is 29.9 Å². The molecule has 12 N–H and O–H groups in total. The molecule has 0 aliphatic carbocycles. The smallest absolute Gasteiger partial charge is 0.261 e. The van der Waals surface area contributed by atoms with Crippen LogP contribution in [0, 0.1) is 6.92 Å². The minimum absolute atomic E-state index is 0.0870. The molecule has 0 saturated heterocycles. The van der Waals surface area contributed by atoms with Crippen LogP contribution < -0.4 is 44.5 Å². The van der Waals surface area contributed by atoms with Gasteiger partial charge in [-0.1, -0.05) is 29.3 Å². The highest BCUT2D eigenvalue weighted by atomic mass is 35.5. The van der Waals surface area contributed by atoms with Crippen LogP contribution in [0.1, 0.15) is 49.6 Å². The molecule has 0 atom stereocenters. The van der Waals surface area contributed by atoms with Crippen molar-refractivity contribution >= 4 is 68.3 Å². The number of nitrogen functional groups attached to an aromatic ring is 2. The molecule has 220 valence electrons. The summed E-state index contributed by atoms with van der Waals surface area (Å²) in [7, 11) is 0. The molecule has 2 heterocycles. The number of hydrazine groups is 1. The fourth-order valence-corrected chi connectivity index (χ4v) is 5.32. The molecule has 42 heavy (non-hydrogen) atoms. The van der Waals surface area contributed by atoms with E-state index >= 15 is 0 Å². The molecule has 0 spiro atoms. The van der Waals surface area contributed by atoms with Crippen LogP contribution in [0.15, 0.2) is 47.6 Å². The Morgan fingerprint density at radius 1 is 0.976 bits per heavy atom. The molecule has 4 aromatic rings. The van der Waals surface area contributed by atoms with Crippen LogP contribution in [-0.2, 0) is 6.54 Å². The number of hydrazone groups is 1. The maximum absolute atomic E-state index is 12.7. The Bertz CT molecular complexity index is 1640. The lowest BCUT2D eigenvalue weighted by Gasteiger charge is -2.11. The molecule has 0 fully saturated rings. The van der Waals surface area contributed by atoms with Crippen LogP contribution in [0.25, 0.3) is 10.9 Å². The molecule has 4 rings (SSSR count). The van der Waals surface area contributed by atoms with Gasteiger partial charge in [-0.2, -0.15) is 4.98 Å². The maximum atomic E-state index is 12.7. The lowest BCUT2D eigenvalue weighted by atomic mass is 10.0. The minimum Gasteiger partial charge on any atom is -0.383 e. The summed E-state index contributed by atoms with van der Waals surface area (Å²) in [5, 5.41) is 14.6. The van der Waals surface area contributed by atoms with Crippen molar-refractivity contribution in [1.29, 1.82) is 0 Å². The summed E-state index contributed by atoms with van der Waals surface area (Å²) in [5.41, 5.74) is 22.9. The Labute approximate surface area is 251 Å². The highest BCUT2D eigenvalue weighted by Crippen LogP contribution is 2.31. The van der Waals surface area contributed by atoms with Crippen LogP contribution in [0.3, 0.4) is 0 Å². The number of benzene rings is 2. The third-order valence-electron chi connectivity index (χ3n) is 6.26. The molecule has 13 nitrogen and oxygen atoms in total. The van der Waals surface area contributed by atoms with E-state index in [4.69, 9.17) is 34.6 Å². The van der Waals surface area contributed by atoms with Crippen LogP contribution in [0.5, 0.6) is 0 Å². The van der Waals surface area contributed by atoms with Crippen LogP contribution in [0.4, 0.5) is 16.8 Å². The van der Waals surface area contributed by atoms with Gasteiger partial charge < -0.3 is 33.2 Å². The third kappa shape index (κ3) is 7.34. The van der Waals surface area contributed by atoms with Crippen molar-refractivity contribution < 1.29 is 9.59 Å². The Morgan fingerprint density at radius 2 is 1.71 bits per heavy atom. The summed E-state index contributed by atoms with van der Waals surface area (Å²) >= 11 is 7.89. The number of hydrogen-bond acceptors (Lipinski definition) is 11. The monoisotopic (exact) mass is 609 g/mol. The molecule has 0 aliphatic rings. The zero-order valence-electron chi connectivity index (χ0n) is 22.8. The second kappa shape index (κ2) is 13.8. The molecule has 0 radical (unpaired) electrons.